The Kier molecular flexibility index (Phi) is 4.74. The number of pyridine rings is 1. The number of nitrogens with zero attached hydrogens (tertiary/aromatic N) is 1. The van der Waals surface area contributed by atoms with Gasteiger partial charge >= 0.3 is 0 Å². The highest BCUT2D eigenvalue weighted by Gasteiger charge is 2.20. The monoisotopic (exact) mass is 359 g/mol. The van der Waals surface area contributed by atoms with E-state index < -0.39 is 0 Å². The molecule has 0 amide bonds. The Hall–Kier alpha value is -0.220. The Morgan fingerprint density at radius 1 is 1.29 bits per heavy atom. The second-order valence-corrected chi connectivity index (χ2v) is 6.39. The second kappa shape index (κ2) is 6.10. The first-order chi connectivity index (χ1) is 8.16. The van der Waals surface area contributed by atoms with Gasteiger partial charge in [0.1, 0.15) is 5.69 Å². The molecular formula is C13H15Br2NO. The number of carbonyl (C=O) groups excluding carboxylic acids is 1. The van der Waals surface area contributed by atoms with Crippen LogP contribution in [0.15, 0.2) is 21.2 Å². The molecule has 0 N–H and O–H groups in total. The number of rotatable bonds is 3. The van der Waals surface area contributed by atoms with Crippen LogP contribution >= 0.6 is 31.9 Å². The average Bonchev–Trinajstić information content (AvgIpc) is 2.30. The van der Waals surface area contributed by atoms with Gasteiger partial charge in [-0.15, -0.1) is 0 Å². The van der Waals surface area contributed by atoms with Crippen LogP contribution in [0.4, 0.5) is 0 Å². The Labute approximate surface area is 118 Å². The molecule has 1 aromatic rings. The summed E-state index contributed by atoms with van der Waals surface area (Å²) in [6.07, 6.45) is 8.58. The van der Waals surface area contributed by atoms with Crippen molar-refractivity contribution in [1.29, 1.82) is 0 Å². The fourth-order valence-corrected chi connectivity index (χ4v) is 3.58. The predicted octanol–water partition coefficient (Wildman–Crippen LogP) is 4.76. The topological polar surface area (TPSA) is 30.0 Å². The van der Waals surface area contributed by atoms with E-state index in [-0.39, 0.29) is 5.78 Å². The van der Waals surface area contributed by atoms with Gasteiger partial charge < -0.3 is 0 Å². The second-order valence-electron chi connectivity index (χ2n) is 4.62. The van der Waals surface area contributed by atoms with Crippen molar-refractivity contribution in [2.24, 2.45) is 5.92 Å². The molecule has 0 radical (unpaired) electrons. The first-order valence-corrected chi connectivity index (χ1v) is 7.59. The summed E-state index contributed by atoms with van der Waals surface area (Å²) >= 11 is 6.74. The van der Waals surface area contributed by atoms with Gasteiger partial charge in [-0.2, -0.15) is 0 Å². The molecule has 92 valence electrons. The lowest BCUT2D eigenvalue weighted by molar-refractivity contribution is 0.0944. The first-order valence-electron chi connectivity index (χ1n) is 6.01. The summed E-state index contributed by atoms with van der Waals surface area (Å²) in [5, 5.41) is 0. The van der Waals surface area contributed by atoms with E-state index in [9.17, 15) is 4.79 Å². The van der Waals surface area contributed by atoms with Crippen LogP contribution in [0.25, 0.3) is 0 Å². The number of Topliss-reactive ketones (excluding diaryl/α,β-unsaturated/α-hetero) is 1. The number of aromatic nitrogens is 1. The fourth-order valence-electron chi connectivity index (χ4n) is 2.37. The number of carbonyl (C=O) groups is 1. The largest absolute Gasteiger partial charge is 0.292 e. The van der Waals surface area contributed by atoms with Crippen LogP contribution in [0.2, 0.25) is 0 Å². The first kappa shape index (κ1) is 13.2. The predicted molar refractivity (Wildman–Crippen MR) is 75.2 cm³/mol. The molecule has 1 aliphatic rings. The van der Waals surface area contributed by atoms with Crippen LogP contribution in [0.3, 0.4) is 0 Å². The maximum Gasteiger partial charge on any atom is 0.182 e. The van der Waals surface area contributed by atoms with Gasteiger partial charge in [-0.3, -0.25) is 9.78 Å². The minimum Gasteiger partial charge on any atom is -0.292 e. The lowest BCUT2D eigenvalue weighted by Gasteiger charge is -2.20. The minimum absolute atomic E-state index is 0.163. The van der Waals surface area contributed by atoms with Crippen molar-refractivity contribution in [2.75, 3.05) is 0 Å². The van der Waals surface area contributed by atoms with Gasteiger partial charge in [0.05, 0.1) is 0 Å². The zero-order valence-corrected chi connectivity index (χ0v) is 12.8. The fraction of sp³-hybridized carbons (Fsp3) is 0.538. The molecule has 0 aromatic carbocycles. The average molecular weight is 361 g/mol. The SMILES string of the molecule is O=C(CC1CCCCC1)c1ncc(Br)cc1Br. The van der Waals surface area contributed by atoms with Crippen LogP contribution in [-0.4, -0.2) is 10.8 Å². The third kappa shape index (κ3) is 3.62. The summed E-state index contributed by atoms with van der Waals surface area (Å²) in [6.45, 7) is 0. The van der Waals surface area contributed by atoms with E-state index in [0.29, 0.717) is 18.0 Å². The third-order valence-electron chi connectivity index (χ3n) is 3.27. The summed E-state index contributed by atoms with van der Waals surface area (Å²) in [5.74, 6) is 0.727. The Morgan fingerprint density at radius 3 is 2.65 bits per heavy atom. The molecule has 0 atom stereocenters. The molecule has 0 saturated heterocycles. The van der Waals surface area contributed by atoms with E-state index >= 15 is 0 Å². The molecule has 0 aliphatic heterocycles. The normalized spacial score (nSPS) is 17.1. The molecule has 0 bridgehead atoms. The molecule has 0 unspecified atom stereocenters. The molecule has 4 heteroatoms. The molecule has 2 rings (SSSR count). The summed E-state index contributed by atoms with van der Waals surface area (Å²) in [4.78, 5) is 16.3. The molecule has 1 aliphatic carbocycles. The number of halogens is 2. The van der Waals surface area contributed by atoms with Crippen molar-refractivity contribution in [2.45, 2.75) is 38.5 Å². The van der Waals surface area contributed by atoms with Gasteiger partial charge in [0.2, 0.25) is 0 Å². The summed E-state index contributed by atoms with van der Waals surface area (Å²) in [7, 11) is 0. The summed E-state index contributed by atoms with van der Waals surface area (Å²) in [6, 6.07) is 1.88. The van der Waals surface area contributed by atoms with E-state index in [2.05, 4.69) is 36.8 Å². The van der Waals surface area contributed by atoms with Crippen molar-refractivity contribution in [3.8, 4) is 0 Å². The molecule has 1 saturated carbocycles. The molecular weight excluding hydrogens is 346 g/mol. The zero-order chi connectivity index (χ0) is 12.3. The van der Waals surface area contributed by atoms with Crippen molar-refractivity contribution in [1.82, 2.24) is 4.98 Å². The van der Waals surface area contributed by atoms with Gasteiger partial charge in [0, 0.05) is 21.6 Å². The maximum absolute atomic E-state index is 12.1. The summed E-state index contributed by atoms with van der Waals surface area (Å²) < 4.78 is 1.67. The molecule has 1 fully saturated rings. The molecule has 1 aromatic heterocycles. The van der Waals surface area contributed by atoms with Crippen LogP contribution in [0, 0.1) is 5.92 Å². The quantitative estimate of drug-likeness (QED) is 0.727. The minimum atomic E-state index is 0.163. The number of hydrogen-bond acceptors (Lipinski definition) is 2. The van der Waals surface area contributed by atoms with E-state index in [1.165, 1.54) is 32.1 Å². The Bertz CT molecular complexity index is 414. The zero-order valence-electron chi connectivity index (χ0n) is 9.59. The van der Waals surface area contributed by atoms with Gasteiger partial charge in [0.25, 0.3) is 0 Å². The number of hydrogen-bond donors (Lipinski definition) is 0. The van der Waals surface area contributed by atoms with Crippen molar-refractivity contribution < 1.29 is 4.79 Å². The highest BCUT2D eigenvalue weighted by Crippen LogP contribution is 2.29. The van der Waals surface area contributed by atoms with E-state index in [1.54, 1.807) is 6.20 Å². The van der Waals surface area contributed by atoms with Crippen molar-refractivity contribution in [3.63, 3.8) is 0 Å². The number of ketones is 1. The van der Waals surface area contributed by atoms with Crippen molar-refractivity contribution >= 4 is 37.6 Å². The third-order valence-corrected chi connectivity index (χ3v) is 4.31. The van der Waals surface area contributed by atoms with E-state index in [4.69, 9.17) is 0 Å². The van der Waals surface area contributed by atoms with Crippen LogP contribution in [0.5, 0.6) is 0 Å². The smallest absolute Gasteiger partial charge is 0.182 e. The Balaban J connectivity index is 2.03. The molecule has 0 spiro atoms. The van der Waals surface area contributed by atoms with E-state index in [0.717, 1.165) is 8.95 Å². The highest BCUT2D eigenvalue weighted by molar-refractivity contribution is 9.11. The van der Waals surface area contributed by atoms with Gasteiger partial charge in [-0.1, -0.05) is 32.1 Å². The lowest BCUT2D eigenvalue weighted by atomic mass is 9.85. The van der Waals surface area contributed by atoms with Gasteiger partial charge in [-0.25, -0.2) is 0 Å². The molecule has 2 nitrogen and oxygen atoms in total. The van der Waals surface area contributed by atoms with Gasteiger partial charge in [-0.05, 0) is 43.8 Å². The highest BCUT2D eigenvalue weighted by atomic mass is 79.9. The lowest BCUT2D eigenvalue weighted by Crippen LogP contribution is -2.13. The maximum atomic E-state index is 12.1. The van der Waals surface area contributed by atoms with Crippen LogP contribution < -0.4 is 0 Å². The molecule has 17 heavy (non-hydrogen) atoms. The standard InChI is InChI=1S/C13H15Br2NO/c14-10-7-11(15)13(16-8-10)12(17)6-9-4-2-1-3-5-9/h7-9H,1-6H2. The Morgan fingerprint density at radius 2 is 2.00 bits per heavy atom. The van der Waals surface area contributed by atoms with Crippen LogP contribution in [-0.2, 0) is 0 Å². The molecule has 1 heterocycles. The van der Waals surface area contributed by atoms with Crippen LogP contribution in [0.1, 0.15) is 49.0 Å². The van der Waals surface area contributed by atoms with E-state index in [1.807, 2.05) is 6.07 Å². The van der Waals surface area contributed by atoms with Crippen molar-refractivity contribution in [3.05, 3.63) is 26.9 Å². The summed E-state index contributed by atoms with van der Waals surface area (Å²) in [5.41, 5.74) is 0.568. The van der Waals surface area contributed by atoms with Gasteiger partial charge in [0.15, 0.2) is 5.78 Å².